The lowest BCUT2D eigenvalue weighted by Gasteiger charge is -2.22. The molecule has 1 aliphatic rings. The molecule has 0 spiro atoms. The average Bonchev–Trinajstić information content (AvgIpc) is 2.32. The molecule has 1 saturated heterocycles. The minimum absolute atomic E-state index is 0.518. The van der Waals surface area contributed by atoms with Crippen LogP contribution in [0, 0.1) is 12.8 Å². The number of rotatable bonds is 3. The maximum atomic E-state index is 5.92. The zero-order valence-electron chi connectivity index (χ0n) is 9.37. The van der Waals surface area contributed by atoms with Gasteiger partial charge < -0.3 is 10.1 Å². The molecule has 0 saturated carbocycles. The summed E-state index contributed by atoms with van der Waals surface area (Å²) in [7, 11) is 0. The van der Waals surface area contributed by atoms with Crippen LogP contribution in [0.5, 0.6) is 0 Å². The van der Waals surface area contributed by atoms with Crippen molar-refractivity contribution in [3.8, 4) is 0 Å². The summed E-state index contributed by atoms with van der Waals surface area (Å²) in [4.78, 5) is 8.11. The second kappa shape index (κ2) is 5.46. The van der Waals surface area contributed by atoms with Gasteiger partial charge in [0.15, 0.2) is 0 Å². The summed E-state index contributed by atoms with van der Waals surface area (Å²) in [5, 5.41) is 3.85. The van der Waals surface area contributed by atoms with Crippen LogP contribution in [0.4, 0.5) is 5.82 Å². The van der Waals surface area contributed by atoms with Crippen molar-refractivity contribution in [1.29, 1.82) is 0 Å². The maximum Gasteiger partial charge on any atom is 0.137 e. The minimum Gasteiger partial charge on any atom is -0.381 e. The van der Waals surface area contributed by atoms with E-state index < -0.39 is 0 Å². The van der Waals surface area contributed by atoms with Crippen molar-refractivity contribution in [2.45, 2.75) is 19.8 Å². The first-order chi connectivity index (χ1) is 7.77. The van der Waals surface area contributed by atoms with E-state index in [1.807, 2.05) is 6.92 Å². The van der Waals surface area contributed by atoms with E-state index in [9.17, 15) is 0 Å². The number of aromatic nitrogens is 2. The van der Waals surface area contributed by atoms with Gasteiger partial charge in [0.2, 0.25) is 0 Å². The highest BCUT2D eigenvalue weighted by Crippen LogP contribution is 2.20. The van der Waals surface area contributed by atoms with Crippen LogP contribution in [0.2, 0.25) is 5.15 Å². The zero-order valence-corrected chi connectivity index (χ0v) is 10.1. The van der Waals surface area contributed by atoms with E-state index in [4.69, 9.17) is 16.3 Å². The monoisotopic (exact) mass is 241 g/mol. The highest BCUT2D eigenvalue weighted by atomic mass is 35.5. The molecule has 0 aliphatic carbocycles. The predicted octanol–water partition coefficient (Wildman–Crippen LogP) is 2.28. The number of nitrogens with zero attached hydrogens (tertiary/aromatic N) is 2. The van der Waals surface area contributed by atoms with E-state index in [0.29, 0.717) is 11.1 Å². The molecule has 0 radical (unpaired) electrons. The molecule has 5 heteroatoms. The second-order valence-electron chi connectivity index (χ2n) is 4.07. The van der Waals surface area contributed by atoms with Gasteiger partial charge in [0.25, 0.3) is 0 Å². The molecule has 0 aromatic carbocycles. The van der Waals surface area contributed by atoms with Crippen molar-refractivity contribution in [2.75, 3.05) is 25.1 Å². The van der Waals surface area contributed by atoms with E-state index in [2.05, 4.69) is 15.3 Å². The predicted molar refractivity (Wildman–Crippen MR) is 63.8 cm³/mol. The van der Waals surface area contributed by atoms with Crippen LogP contribution < -0.4 is 5.32 Å². The second-order valence-corrected chi connectivity index (χ2v) is 4.43. The first-order valence-corrected chi connectivity index (χ1v) is 5.94. The quantitative estimate of drug-likeness (QED) is 0.825. The molecule has 1 aromatic rings. The molecule has 1 aliphatic heterocycles. The van der Waals surface area contributed by atoms with E-state index in [0.717, 1.165) is 44.0 Å². The van der Waals surface area contributed by atoms with Gasteiger partial charge in [0, 0.05) is 25.3 Å². The summed E-state index contributed by atoms with van der Waals surface area (Å²) in [6, 6.07) is 0. The van der Waals surface area contributed by atoms with Crippen LogP contribution >= 0.6 is 11.6 Å². The lowest BCUT2D eigenvalue weighted by molar-refractivity contribution is 0.0699. The molecular formula is C11H16ClN3O. The normalized spacial score (nSPS) is 17.4. The standard InChI is InChI=1S/C11H16ClN3O/c1-8-10(12)14-7-15-11(8)13-6-9-2-4-16-5-3-9/h7,9H,2-6H2,1H3,(H,13,14,15). The molecule has 2 rings (SSSR count). The average molecular weight is 242 g/mol. The van der Waals surface area contributed by atoms with Gasteiger partial charge in [0.05, 0.1) is 0 Å². The van der Waals surface area contributed by atoms with Crippen LogP contribution in [0.25, 0.3) is 0 Å². The molecule has 88 valence electrons. The highest BCUT2D eigenvalue weighted by molar-refractivity contribution is 6.30. The topological polar surface area (TPSA) is 47.0 Å². The Morgan fingerprint density at radius 2 is 2.19 bits per heavy atom. The van der Waals surface area contributed by atoms with Crippen molar-refractivity contribution in [2.24, 2.45) is 5.92 Å². The summed E-state index contributed by atoms with van der Waals surface area (Å²) in [6.45, 7) is 4.60. The fourth-order valence-electron chi connectivity index (χ4n) is 1.80. The van der Waals surface area contributed by atoms with Crippen LogP contribution in [0.15, 0.2) is 6.33 Å². The molecule has 16 heavy (non-hydrogen) atoms. The summed E-state index contributed by atoms with van der Waals surface area (Å²) in [5.74, 6) is 1.51. The van der Waals surface area contributed by atoms with Crippen molar-refractivity contribution < 1.29 is 4.74 Å². The van der Waals surface area contributed by atoms with E-state index in [1.165, 1.54) is 6.33 Å². The molecule has 0 atom stereocenters. The number of nitrogens with one attached hydrogen (secondary N) is 1. The van der Waals surface area contributed by atoms with Gasteiger partial charge in [-0.15, -0.1) is 0 Å². The van der Waals surface area contributed by atoms with Gasteiger partial charge in [0.1, 0.15) is 17.3 Å². The van der Waals surface area contributed by atoms with Crippen LogP contribution in [-0.2, 0) is 4.74 Å². The Morgan fingerprint density at radius 1 is 1.44 bits per heavy atom. The van der Waals surface area contributed by atoms with Crippen molar-refractivity contribution in [3.63, 3.8) is 0 Å². The fraction of sp³-hybridized carbons (Fsp3) is 0.636. The lowest BCUT2D eigenvalue weighted by Crippen LogP contribution is -2.23. The maximum absolute atomic E-state index is 5.92. The fourth-order valence-corrected chi connectivity index (χ4v) is 1.93. The number of anilines is 1. The minimum atomic E-state index is 0.518. The smallest absolute Gasteiger partial charge is 0.137 e. The third-order valence-electron chi connectivity index (χ3n) is 2.92. The van der Waals surface area contributed by atoms with E-state index in [-0.39, 0.29) is 0 Å². The summed E-state index contributed by atoms with van der Waals surface area (Å²) >= 11 is 5.92. The zero-order chi connectivity index (χ0) is 11.4. The van der Waals surface area contributed by atoms with E-state index in [1.54, 1.807) is 0 Å². The number of ether oxygens (including phenoxy) is 1. The van der Waals surface area contributed by atoms with Crippen molar-refractivity contribution >= 4 is 17.4 Å². The molecule has 1 N–H and O–H groups in total. The Hall–Kier alpha value is -0.870. The lowest BCUT2D eigenvalue weighted by atomic mass is 10.0. The first-order valence-electron chi connectivity index (χ1n) is 5.56. The Kier molecular flexibility index (Phi) is 3.96. The Balaban J connectivity index is 1.91. The van der Waals surface area contributed by atoms with Gasteiger partial charge >= 0.3 is 0 Å². The molecule has 0 amide bonds. The van der Waals surface area contributed by atoms with Crippen molar-refractivity contribution in [1.82, 2.24) is 9.97 Å². The molecule has 0 unspecified atom stereocenters. The van der Waals surface area contributed by atoms with Crippen LogP contribution in [-0.4, -0.2) is 29.7 Å². The van der Waals surface area contributed by atoms with Crippen LogP contribution in [0.3, 0.4) is 0 Å². The Labute approximate surface area is 100 Å². The third-order valence-corrected chi connectivity index (χ3v) is 3.30. The third kappa shape index (κ3) is 2.83. The largest absolute Gasteiger partial charge is 0.381 e. The number of halogens is 1. The van der Waals surface area contributed by atoms with E-state index >= 15 is 0 Å². The van der Waals surface area contributed by atoms with Gasteiger partial charge in [-0.25, -0.2) is 9.97 Å². The molecule has 0 bridgehead atoms. The molecule has 2 heterocycles. The summed E-state index contributed by atoms with van der Waals surface area (Å²) in [6.07, 6.45) is 3.72. The van der Waals surface area contributed by atoms with Crippen LogP contribution in [0.1, 0.15) is 18.4 Å². The van der Waals surface area contributed by atoms with Gasteiger partial charge in [-0.3, -0.25) is 0 Å². The Bertz CT molecular complexity index is 353. The molecule has 1 fully saturated rings. The van der Waals surface area contributed by atoms with Gasteiger partial charge in [-0.05, 0) is 25.7 Å². The molecule has 4 nitrogen and oxygen atoms in total. The van der Waals surface area contributed by atoms with Crippen molar-refractivity contribution in [3.05, 3.63) is 17.0 Å². The Morgan fingerprint density at radius 3 is 2.94 bits per heavy atom. The number of hydrogen-bond donors (Lipinski definition) is 1. The number of hydrogen-bond acceptors (Lipinski definition) is 4. The summed E-state index contributed by atoms with van der Waals surface area (Å²) < 4.78 is 5.32. The van der Waals surface area contributed by atoms with Gasteiger partial charge in [-0.2, -0.15) is 0 Å². The SMILES string of the molecule is Cc1c(Cl)ncnc1NCC1CCOCC1. The molecular weight excluding hydrogens is 226 g/mol. The van der Waals surface area contributed by atoms with Gasteiger partial charge in [-0.1, -0.05) is 11.6 Å². The first kappa shape index (κ1) is 11.6. The summed E-state index contributed by atoms with van der Waals surface area (Å²) in [5.41, 5.74) is 0.913. The highest BCUT2D eigenvalue weighted by Gasteiger charge is 2.14. The molecule has 1 aromatic heterocycles.